The van der Waals surface area contributed by atoms with Gasteiger partial charge in [-0.15, -0.1) is 0 Å². The van der Waals surface area contributed by atoms with E-state index in [2.05, 4.69) is 19.6 Å². The van der Waals surface area contributed by atoms with Gasteiger partial charge in [0, 0.05) is 37.4 Å². The van der Waals surface area contributed by atoms with Gasteiger partial charge in [0.25, 0.3) is 11.4 Å². The summed E-state index contributed by atoms with van der Waals surface area (Å²) >= 11 is 0. The number of fused-ring (bicyclic) bond motifs is 1. The molecule has 4 heterocycles. The minimum Gasteiger partial charge on any atom is -0.508 e. The molecule has 0 spiro atoms. The number of phenolic OH excluding ortho intramolecular Hbond substituents is 2. The van der Waals surface area contributed by atoms with E-state index >= 15 is 0 Å². The third-order valence-electron chi connectivity index (χ3n) is 4.85. The first-order valence-electron chi connectivity index (χ1n) is 9.56. The lowest BCUT2D eigenvalue weighted by Crippen LogP contribution is -2.60. The molecular formula is C19H24N6O6. The van der Waals surface area contributed by atoms with Crippen LogP contribution >= 0.6 is 0 Å². The lowest BCUT2D eigenvalue weighted by Gasteiger charge is -2.45. The van der Waals surface area contributed by atoms with Gasteiger partial charge in [-0.3, -0.25) is 39.8 Å². The number of nitro groups is 2. The quantitative estimate of drug-likeness (QED) is 0.531. The Morgan fingerprint density at radius 1 is 0.581 bits per heavy atom. The minimum absolute atomic E-state index is 0.0159. The SMILES string of the molecule is C1CN2CN3CN1CN(C2)C3.O=[N+]([O-])c1ccc(O)cc1.O=[N+]([O-])c1ccc(O)cc1. The van der Waals surface area contributed by atoms with Crippen molar-refractivity contribution in [2.45, 2.75) is 0 Å². The molecule has 31 heavy (non-hydrogen) atoms. The van der Waals surface area contributed by atoms with Crippen molar-refractivity contribution >= 4 is 11.4 Å². The molecule has 0 amide bonds. The van der Waals surface area contributed by atoms with Crippen LogP contribution in [0.1, 0.15) is 0 Å². The number of rotatable bonds is 2. The Hall–Kier alpha value is -3.32. The summed E-state index contributed by atoms with van der Waals surface area (Å²) in [6.45, 7) is 8.45. The molecule has 0 aromatic heterocycles. The molecule has 0 aliphatic carbocycles. The molecule has 4 aliphatic heterocycles. The zero-order valence-corrected chi connectivity index (χ0v) is 16.8. The molecule has 0 radical (unpaired) electrons. The summed E-state index contributed by atoms with van der Waals surface area (Å²) in [4.78, 5) is 29.1. The van der Waals surface area contributed by atoms with Crippen LogP contribution < -0.4 is 0 Å². The number of aromatic hydroxyl groups is 2. The fourth-order valence-electron chi connectivity index (χ4n) is 3.49. The molecule has 2 N–H and O–H groups in total. The van der Waals surface area contributed by atoms with Crippen molar-refractivity contribution in [3.8, 4) is 11.5 Å². The van der Waals surface area contributed by atoms with E-state index in [9.17, 15) is 20.2 Å². The average Bonchev–Trinajstić information content (AvgIpc) is 2.96. The van der Waals surface area contributed by atoms with E-state index in [-0.39, 0.29) is 22.9 Å². The van der Waals surface area contributed by atoms with Crippen LogP contribution in [-0.2, 0) is 0 Å². The number of non-ortho nitro benzene ring substituents is 2. The van der Waals surface area contributed by atoms with Gasteiger partial charge in [-0.2, -0.15) is 0 Å². The Kier molecular flexibility index (Phi) is 7.31. The van der Waals surface area contributed by atoms with Crippen LogP contribution in [0.5, 0.6) is 11.5 Å². The summed E-state index contributed by atoms with van der Waals surface area (Å²) in [5, 5.41) is 37.5. The Morgan fingerprint density at radius 3 is 1.16 bits per heavy atom. The molecule has 0 saturated carbocycles. The topological polar surface area (TPSA) is 140 Å². The Bertz CT molecular complexity index is 804. The summed E-state index contributed by atoms with van der Waals surface area (Å²) in [6, 6.07) is 10.1. The van der Waals surface area contributed by atoms with Crippen molar-refractivity contribution in [3.05, 3.63) is 68.8 Å². The van der Waals surface area contributed by atoms with Crippen LogP contribution in [0.2, 0.25) is 0 Å². The van der Waals surface area contributed by atoms with E-state index in [4.69, 9.17) is 10.2 Å². The Morgan fingerprint density at radius 2 is 0.871 bits per heavy atom. The second kappa shape index (κ2) is 10.1. The fourth-order valence-corrected chi connectivity index (χ4v) is 3.49. The number of nitrogens with zero attached hydrogens (tertiary/aromatic N) is 6. The van der Waals surface area contributed by atoms with E-state index in [1.165, 1.54) is 95.0 Å². The van der Waals surface area contributed by atoms with Crippen molar-refractivity contribution < 1.29 is 20.1 Å². The molecule has 4 aliphatic rings. The smallest absolute Gasteiger partial charge is 0.269 e. The van der Waals surface area contributed by atoms with Crippen molar-refractivity contribution in [1.82, 2.24) is 19.6 Å². The lowest BCUT2D eigenvalue weighted by atomic mass is 10.3. The first-order chi connectivity index (χ1) is 14.8. The third-order valence-corrected chi connectivity index (χ3v) is 4.85. The van der Waals surface area contributed by atoms with Gasteiger partial charge in [0.05, 0.1) is 43.2 Å². The lowest BCUT2D eigenvalue weighted by molar-refractivity contribution is -0.385. The highest BCUT2D eigenvalue weighted by atomic mass is 16.6. The molecule has 12 heteroatoms. The van der Waals surface area contributed by atoms with Gasteiger partial charge >= 0.3 is 0 Å². The summed E-state index contributed by atoms with van der Waals surface area (Å²) < 4.78 is 0. The molecule has 0 unspecified atom stereocenters. The second-order valence-corrected chi connectivity index (χ2v) is 7.38. The van der Waals surface area contributed by atoms with Crippen LogP contribution in [-0.4, -0.2) is 86.1 Å². The summed E-state index contributed by atoms with van der Waals surface area (Å²) in [5.41, 5.74) is -0.0319. The first-order valence-corrected chi connectivity index (χ1v) is 9.56. The van der Waals surface area contributed by atoms with Gasteiger partial charge in [0.15, 0.2) is 0 Å². The maximum Gasteiger partial charge on any atom is 0.269 e. The Balaban J connectivity index is 0.000000132. The van der Waals surface area contributed by atoms with Gasteiger partial charge in [0.2, 0.25) is 0 Å². The number of hydrogen-bond acceptors (Lipinski definition) is 10. The van der Waals surface area contributed by atoms with Crippen LogP contribution in [0, 0.1) is 20.2 Å². The van der Waals surface area contributed by atoms with Crippen molar-refractivity contribution in [2.75, 3.05) is 46.4 Å². The molecule has 12 nitrogen and oxygen atoms in total. The highest BCUT2D eigenvalue weighted by Crippen LogP contribution is 2.18. The highest BCUT2D eigenvalue weighted by Gasteiger charge is 2.33. The summed E-state index contributed by atoms with van der Waals surface area (Å²) in [6.07, 6.45) is 0. The van der Waals surface area contributed by atoms with Crippen LogP contribution in [0.4, 0.5) is 11.4 Å². The summed E-state index contributed by atoms with van der Waals surface area (Å²) in [5.74, 6) is 0.0659. The van der Waals surface area contributed by atoms with Crippen LogP contribution in [0.15, 0.2) is 48.5 Å². The van der Waals surface area contributed by atoms with E-state index in [0.717, 1.165) is 0 Å². The molecule has 4 saturated heterocycles. The molecule has 2 aromatic rings. The molecule has 2 aromatic carbocycles. The van der Waals surface area contributed by atoms with Crippen molar-refractivity contribution in [3.63, 3.8) is 0 Å². The van der Waals surface area contributed by atoms with Gasteiger partial charge in [0.1, 0.15) is 11.5 Å². The maximum absolute atomic E-state index is 10.0. The van der Waals surface area contributed by atoms with Gasteiger partial charge < -0.3 is 10.2 Å². The van der Waals surface area contributed by atoms with E-state index in [1.807, 2.05) is 0 Å². The predicted octanol–water partition coefficient (Wildman–Crippen LogP) is 1.62. The van der Waals surface area contributed by atoms with Crippen LogP contribution in [0.25, 0.3) is 0 Å². The standard InChI is InChI=1S/C7H14N4.2C6H5NO3/c1-2-9-5-10-3-8(1)4-11(6-9)7-10;2*8-6-3-1-5(2-4-6)7(9)10/h1-7H2;2*1-4,8H. The molecule has 6 rings (SSSR count). The summed E-state index contributed by atoms with van der Waals surface area (Å²) in [7, 11) is 0. The molecule has 0 atom stereocenters. The number of hydrogen-bond donors (Lipinski definition) is 2. The monoisotopic (exact) mass is 432 g/mol. The Labute approximate surface area is 178 Å². The average molecular weight is 432 g/mol. The first kappa shape index (κ1) is 22.4. The molecule has 4 bridgehead atoms. The number of benzene rings is 2. The predicted molar refractivity (Wildman–Crippen MR) is 111 cm³/mol. The van der Waals surface area contributed by atoms with Gasteiger partial charge in [-0.05, 0) is 24.3 Å². The minimum atomic E-state index is -0.514. The maximum atomic E-state index is 10.0. The normalized spacial score (nSPS) is 25.3. The van der Waals surface area contributed by atoms with Gasteiger partial charge in [-0.25, -0.2) is 0 Å². The van der Waals surface area contributed by atoms with E-state index in [0.29, 0.717) is 0 Å². The van der Waals surface area contributed by atoms with E-state index in [1.54, 1.807) is 0 Å². The van der Waals surface area contributed by atoms with Crippen molar-refractivity contribution in [2.24, 2.45) is 0 Å². The number of phenols is 2. The zero-order chi connectivity index (χ0) is 22.4. The van der Waals surface area contributed by atoms with Crippen LogP contribution in [0.3, 0.4) is 0 Å². The molecule has 166 valence electrons. The zero-order valence-electron chi connectivity index (χ0n) is 16.8. The second-order valence-electron chi connectivity index (χ2n) is 7.38. The number of nitro benzene ring substituents is 2. The highest BCUT2D eigenvalue weighted by molar-refractivity contribution is 5.35. The van der Waals surface area contributed by atoms with Gasteiger partial charge in [-0.1, -0.05) is 0 Å². The largest absolute Gasteiger partial charge is 0.508 e. The molecular weight excluding hydrogens is 408 g/mol. The third kappa shape index (κ3) is 6.58. The van der Waals surface area contributed by atoms with E-state index < -0.39 is 9.85 Å². The molecule has 4 fully saturated rings. The fraction of sp³-hybridized carbons (Fsp3) is 0.368. The van der Waals surface area contributed by atoms with Crippen molar-refractivity contribution in [1.29, 1.82) is 0 Å².